The molecule has 2 atom stereocenters. The smallest absolute Gasteiger partial charge is 0.314 e. The van der Waals surface area contributed by atoms with Crippen LogP contribution in [0.5, 0.6) is 0 Å². The average molecular weight is 222 g/mol. The van der Waals surface area contributed by atoms with Crippen molar-refractivity contribution in [2.75, 3.05) is 0 Å². The Morgan fingerprint density at radius 1 is 1.50 bits per heavy atom. The zero-order valence-electron chi connectivity index (χ0n) is 9.40. The molecule has 3 heteroatoms. The first kappa shape index (κ1) is 11.1. The molecule has 1 aliphatic rings. The molecule has 2 nitrogen and oxygen atoms in total. The van der Waals surface area contributed by atoms with Crippen molar-refractivity contribution >= 4 is 5.97 Å². The Hall–Kier alpha value is -1.38. The monoisotopic (exact) mass is 222 g/mol. The number of hydrogen-bond acceptors (Lipinski definition) is 1. The minimum Gasteiger partial charge on any atom is -0.481 e. The van der Waals surface area contributed by atoms with Crippen molar-refractivity contribution < 1.29 is 14.3 Å². The Labute approximate surface area is 94.1 Å². The fourth-order valence-electron chi connectivity index (χ4n) is 2.59. The van der Waals surface area contributed by atoms with Crippen LogP contribution in [0.4, 0.5) is 4.39 Å². The second-order valence-corrected chi connectivity index (χ2v) is 4.81. The van der Waals surface area contributed by atoms with Gasteiger partial charge >= 0.3 is 5.97 Å². The predicted octanol–water partition coefficient (Wildman–Crippen LogP) is 2.82. The summed E-state index contributed by atoms with van der Waals surface area (Å²) in [4.78, 5) is 11.4. The van der Waals surface area contributed by atoms with E-state index in [1.54, 1.807) is 18.2 Å². The van der Waals surface area contributed by atoms with Gasteiger partial charge in [-0.05, 0) is 24.3 Å². The number of rotatable bonds is 3. The highest BCUT2D eigenvalue weighted by Crippen LogP contribution is 2.58. The standard InChI is InChI=1S/C13H15FO2/c1-8(2)10-7-13(10,12(15)16)9-5-3-4-6-11(9)14/h3-6,8,10H,7H2,1-2H3,(H,15,16). The van der Waals surface area contributed by atoms with Gasteiger partial charge in [0.25, 0.3) is 0 Å². The van der Waals surface area contributed by atoms with Crippen LogP contribution in [0.2, 0.25) is 0 Å². The second-order valence-electron chi connectivity index (χ2n) is 4.81. The van der Waals surface area contributed by atoms with Crippen molar-refractivity contribution in [1.29, 1.82) is 0 Å². The predicted molar refractivity (Wildman–Crippen MR) is 58.7 cm³/mol. The van der Waals surface area contributed by atoms with Crippen LogP contribution in [-0.4, -0.2) is 11.1 Å². The lowest BCUT2D eigenvalue weighted by molar-refractivity contribution is -0.140. The van der Waals surface area contributed by atoms with Gasteiger partial charge in [-0.25, -0.2) is 4.39 Å². The van der Waals surface area contributed by atoms with Gasteiger partial charge in [-0.1, -0.05) is 32.0 Å². The summed E-state index contributed by atoms with van der Waals surface area (Å²) in [6.45, 7) is 3.96. The van der Waals surface area contributed by atoms with Crippen LogP contribution < -0.4 is 0 Å². The third-order valence-corrected chi connectivity index (χ3v) is 3.56. The van der Waals surface area contributed by atoms with Crippen LogP contribution in [-0.2, 0) is 10.2 Å². The van der Waals surface area contributed by atoms with Gasteiger partial charge in [0, 0.05) is 5.56 Å². The zero-order valence-corrected chi connectivity index (χ0v) is 9.40. The van der Waals surface area contributed by atoms with Gasteiger partial charge in [0.2, 0.25) is 0 Å². The summed E-state index contributed by atoms with van der Waals surface area (Å²) >= 11 is 0. The molecule has 0 heterocycles. The van der Waals surface area contributed by atoms with Gasteiger partial charge in [-0.15, -0.1) is 0 Å². The van der Waals surface area contributed by atoms with E-state index in [0.717, 1.165) is 0 Å². The molecule has 1 N–H and O–H groups in total. The van der Waals surface area contributed by atoms with E-state index in [1.165, 1.54) is 6.07 Å². The van der Waals surface area contributed by atoms with E-state index in [-0.39, 0.29) is 11.8 Å². The van der Waals surface area contributed by atoms with E-state index in [1.807, 2.05) is 13.8 Å². The number of benzene rings is 1. The number of halogens is 1. The highest BCUT2D eigenvalue weighted by Gasteiger charge is 2.63. The van der Waals surface area contributed by atoms with Crippen molar-refractivity contribution in [3.63, 3.8) is 0 Å². The molecule has 16 heavy (non-hydrogen) atoms. The number of hydrogen-bond donors (Lipinski definition) is 1. The van der Waals surface area contributed by atoms with E-state index in [9.17, 15) is 14.3 Å². The molecule has 0 radical (unpaired) electrons. The summed E-state index contributed by atoms with van der Waals surface area (Å²) < 4.78 is 13.7. The molecule has 1 aromatic rings. The Kier molecular flexibility index (Phi) is 2.49. The van der Waals surface area contributed by atoms with E-state index in [0.29, 0.717) is 12.0 Å². The quantitative estimate of drug-likeness (QED) is 0.853. The third kappa shape index (κ3) is 1.42. The number of carboxylic acids is 1. The van der Waals surface area contributed by atoms with Crippen LogP contribution in [0, 0.1) is 17.7 Å². The normalized spacial score (nSPS) is 28.1. The summed E-state index contributed by atoms with van der Waals surface area (Å²) in [5.74, 6) is -1.01. The van der Waals surface area contributed by atoms with Gasteiger partial charge < -0.3 is 5.11 Å². The molecule has 2 rings (SSSR count). The minimum absolute atomic E-state index is 0.0434. The number of aliphatic carboxylic acids is 1. The molecular formula is C13H15FO2. The van der Waals surface area contributed by atoms with Gasteiger partial charge in [0.1, 0.15) is 5.82 Å². The Morgan fingerprint density at radius 3 is 2.56 bits per heavy atom. The van der Waals surface area contributed by atoms with E-state index in [2.05, 4.69) is 0 Å². The molecule has 0 spiro atoms. The summed E-state index contributed by atoms with van der Waals surface area (Å²) in [5, 5.41) is 9.33. The Morgan fingerprint density at radius 2 is 2.12 bits per heavy atom. The van der Waals surface area contributed by atoms with E-state index >= 15 is 0 Å². The summed E-state index contributed by atoms with van der Waals surface area (Å²) in [6.07, 6.45) is 0.543. The molecule has 1 aliphatic carbocycles. The molecule has 0 amide bonds. The van der Waals surface area contributed by atoms with Gasteiger partial charge in [0.05, 0.1) is 5.41 Å². The molecule has 0 aliphatic heterocycles. The van der Waals surface area contributed by atoms with Crippen molar-refractivity contribution in [1.82, 2.24) is 0 Å². The van der Waals surface area contributed by atoms with Crippen molar-refractivity contribution in [2.24, 2.45) is 11.8 Å². The average Bonchev–Trinajstić information content (AvgIpc) is 2.94. The van der Waals surface area contributed by atoms with Gasteiger partial charge in [0.15, 0.2) is 0 Å². The summed E-state index contributed by atoms with van der Waals surface area (Å²) in [6, 6.07) is 6.20. The molecule has 0 bridgehead atoms. The van der Waals surface area contributed by atoms with Crippen LogP contribution >= 0.6 is 0 Å². The summed E-state index contributed by atoms with van der Waals surface area (Å²) in [5.41, 5.74) is -0.652. The molecular weight excluding hydrogens is 207 g/mol. The van der Waals surface area contributed by atoms with E-state index < -0.39 is 17.2 Å². The molecule has 1 fully saturated rings. The minimum atomic E-state index is -0.987. The number of carboxylic acid groups (broad SMARTS) is 1. The maximum absolute atomic E-state index is 13.7. The van der Waals surface area contributed by atoms with Crippen LogP contribution in [0.3, 0.4) is 0 Å². The van der Waals surface area contributed by atoms with Crippen LogP contribution in [0.1, 0.15) is 25.8 Å². The fraction of sp³-hybridized carbons (Fsp3) is 0.462. The Bertz CT molecular complexity index is 428. The van der Waals surface area contributed by atoms with Crippen molar-refractivity contribution in [3.8, 4) is 0 Å². The topological polar surface area (TPSA) is 37.3 Å². The third-order valence-electron chi connectivity index (χ3n) is 3.56. The molecule has 1 aromatic carbocycles. The first-order chi connectivity index (χ1) is 7.50. The maximum Gasteiger partial charge on any atom is 0.314 e. The largest absolute Gasteiger partial charge is 0.481 e. The van der Waals surface area contributed by atoms with Crippen LogP contribution in [0.25, 0.3) is 0 Å². The second kappa shape index (κ2) is 3.58. The van der Waals surface area contributed by atoms with Gasteiger partial charge in [-0.2, -0.15) is 0 Å². The highest BCUT2D eigenvalue weighted by atomic mass is 19.1. The number of carbonyl (C=O) groups is 1. The molecule has 0 aromatic heterocycles. The molecule has 2 unspecified atom stereocenters. The van der Waals surface area contributed by atoms with E-state index in [4.69, 9.17) is 0 Å². The lowest BCUT2D eigenvalue weighted by Gasteiger charge is -2.15. The van der Waals surface area contributed by atoms with Crippen LogP contribution in [0.15, 0.2) is 24.3 Å². The molecule has 1 saturated carbocycles. The first-order valence-electron chi connectivity index (χ1n) is 5.48. The molecule has 0 saturated heterocycles. The lowest BCUT2D eigenvalue weighted by atomic mass is 9.89. The lowest BCUT2D eigenvalue weighted by Crippen LogP contribution is -2.25. The maximum atomic E-state index is 13.7. The summed E-state index contributed by atoms with van der Waals surface area (Å²) in [7, 11) is 0. The zero-order chi connectivity index (χ0) is 11.9. The van der Waals surface area contributed by atoms with Gasteiger partial charge in [-0.3, -0.25) is 4.79 Å². The fourth-order valence-corrected chi connectivity index (χ4v) is 2.59. The van der Waals surface area contributed by atoms with Crippen molar-refractivity contribution in [2.45, 2.75) is 25.7 Å². The first-order valence-corrected chi connectivity index (χ1v) is 5.48. The SMILES string of the molecule is CC(C)C1CC1(C(=O)O)c1ccccc1F. The van der Waals surface area contributed by atoms with Crippen molar-refractivity contribution in [3.05, 3.63) is 35.6 Å². The highest BCUT2D eigenvalue weighted by molar-refractivity contribution is 5.86. The molecule has 86 valence electrons. The Balaban J connectivity index is 2.45.